The van der Waals surface area contributed by atoms with E-state index in [4.69, 9.17) is 5.11 Å². The molecule has 0 saturated carbocycles. The van der Waals surface area contributed by atoms with Gasteiger partial charge in [0.25, 0.3) is 0 Å². The molecule has 1 unspecified atom stereocenters. The number of aliphatic carboxylic acids is 1. The topological polar surface area (TPSA) is 55.1 Å². The van der Waals surface area contributed by atoms with Crippen molar-refractivity contribution in [1.29, 1.82) is 0 Å². The van der Waals surface area contributed by atoms with Crippen LogP contribution in [0.5, 0.6) is 0 Å². The van der Waals surface area contributed by atoms with Crippen LogP contribution in [0, 0.1) is 5.82 Å². The number of benzene rings is 1. The fourth-order valence-corrected chi connectivity index (χ4v) is 3.23. The van der Waals surface area contributed by atoms with E-state index in [1.54, 1.807) is 12.1 Å². The van der Waals surface area contributed by atoms with E-state index in [9.17, 15) is 9.18 Å². The molecule has 0 bridgehead atoms. The molecule has 0 radical (unpaired) electrons. The fraction of sp³-hybridized carbons (Fsp3) is 0.286. The average molecular weight is 373 g/mol. The van der Waals surface area contributed by atoms with E-state index in [2.05, 4.69) is 27.5 Å². The monoisotopic (exact) mass is 372 g/mol. The van der Waals surface area contributed by atoms with Gasteiger partial charge in [0, 0.05) is 12.1 Å². The van der Waals surface area contributed by atoms with Crippen molar-refractivity contribution in [3.05, 3.63) is 35.1 Å². The minimum atomic E-state index is -0.914. The number of hydrogen-bond acceptors (Lipinski definition) is 3. The molecule has 1 heterocycles. The zero-order valence-electron chi connectivity index (χ0n) is 11.3. The summed E-state index contributed by atoms with van der Waals surface area (Å²) in [5, 5.41) is 9.40. The van der Waals surface area contributed by atoms with E-state index in [0.717, 1.165) is 17.3 Å². The summed E-state index contributed by atoms with van der Waals surface area (Å²) in [7, 11) is 0. The molecule has 2 aromatic rings. The number of imidazole rings is 1. The molecule has 0 aliphatic carbocycles. The summed E-state index contributed by atoms with van der Waals surface area (Å²) in [6.45, 7) is 5.71. The number of fused-ring (bicyclic) bond motifs is 1. The highest BCUT2D eigenvalue weighted by Gasteiger charge is 2.18. The van der Waals surface area contributed by atoms with Crippen molar-refractivity contribution in [2.45, 2.75) is 24.5 Å². The van der Waals surface area contributed by atoms with Crippen LogP contribution >= 0.6 is 27.7 Å². The third kappa shape index (κ3) is 3.47. The Hall–Kier alpha value is -1.34. The van der Waals surface area contributed by atoms with Crippen molar-refractivity contribution in [3.63, 3.8) is 0 Å². The smallest absolute Gasteiger partial charge is 0.313 e. The van der Waals surface area contributed by atoms with Gasteiger partial charge in [-0.15, -0.1) is 6.58 Å². The van der Waals surface area contributed by atoms with E-state index >= 15 is 0 Å². The van der Waals surface area contributed by atoms with Crippen LogP contribution in [-0.4, -0.2) is 26.4 Å². The maximum Gasteiger partial charge on any atom is 0.313 e. The Labute approximate surface area is 134 Å². The molecule has 0 saturated heterocycles. The Balaban J connectivity index is 2.56. The second-order valence-corrected chi connectivity index (χ2v) is 6.37. The van der Waals surface area contributed by atoms with Gasteiger partial charge in [-0.3, -0.25) is 4.79 Å². The first-order valence-electron chi connectivity index (χ1n) is 6.26. The van der Waals surface area contributed by atoms with Crippen molar-refractivity contribution in [3.8, 4) is 0 Å². The van der Waals surface area contributed by atoms with Gasteiger partial charge in [-0.25, -0.2) is 9.37 Å². The summed E-state index contributed by atoms with van der Waals surface area (Å²) in [4.78, 5) is 15.1. The molecule has 7 heteroatoms. The molecule has 0 aliphatic rings. The third-order valence-corrected chi connectivity index (χ3v) is 4.52. The van der Waals surface area contributed by atoms with E-state index < -0.39 is 11.8 Å². The molecule has 0 aliphatic heterocycles. The van der Waals surface area contributed by atoms with Crippen LogP contribution < -0.4 is 0 Å². The lowest BCUT2D eigenvalue weighted by atomic mass is 10.2. The molecule has 0 amide bonds. The van der Waals surface area contributed by atoms with Crippen molar-refractivity contribution < 1.29 is 14.3 Å². The van der Waals surface area contributed by atoms with Gasteiger partial charge in [-0.1, -0.05) is 17.8 Å². The molecule has 1 atom stereocenters. The molecular weight excluding hydrogens is 359 g/mol. The molecule has 1 aromatic heterocycles. The predicted octanol–water partition coefficient (Wildman–Crippen LogP) is 4.25. The first-order chi connectivity index (χ1) is 9.93. The molecule has 0 spiro atoms. The highest BCUT2D eigenvalue weighted by Crippen LogP contribution is 2.32. The predicted molar refractivity (Wildman–Crippen MR) is 85.3 cm³/mol. The van der Waals surface area contributed by atoms with Gasteiger partial charge in [-0.05, 0) is 35.3 Å². The molecule has 1 aromatic carbocycles. The van der Waals surface area contributed by atoms with Crippen LogP contribution in [-0.2, 0) is 4.79 Å². The average Bonchev–Trinajstić information content (AvgIpc) is 2.75. The largest absolute Gasteiger partial charge is 0.481 e. The third-order valence-electron chi connectivity index (χ3n) is 2.97. The zero-order chi connectivity index (χ0) is 15.6. The van der Waals surface area contributed by atoms with E-state index in [1.165, 1.54) is 6.07 Å². The van der Waals surface area contributed by atoms with Gasteiger partial charge in [0.2, 0.25) is 0 Å². The maximum absolute atomic E-state index is 13.6. The number of halogens is 2. The number of thioether (sulfide) groups is 1. The summed E-state index contributed by atoms with van der Waals surface area (Å²) >= 11 is 4.30. The normalized spacial score (nSPS) is 12.5. The Bertz CT molecular complexity index is 702. The highest BCUT2D eigenvalue weighted by atomic mass is 79.9. The Morgan fingerprint density at radius 3 is 3.00 bits per heavy atom. The zero-order valence-corrected chi connectivity index (χ0v) is 13.7. The Kier molecular flexibility index (Phi) is 5.05. The number of hydrogen-bond donors (Lipinski definition) is 1. The lowest BCUT2D eigenvalue weighted by Gasteiger charge is -2.15. The number of allylic oxidation sites excluding steroid dienone is 1. The molecule has 2 rings (SSSR count). The lowest BCUT2D eigenvalue weighted by Crippen LogP contribution is -2.07. The van der Waals surface area contributed by atoms with Crippen molar-refractivity contribution in [2.24, 2.45) is 0 Å². The molecule has 21 heavy (non-hydrogen) atoms. The first kappa shape index (κ1) is 16.0. The van der Waals surface area contributed by atoms with Gasteiger partial charge < -0.3 is 9.67 Å². The van der Waals surface area contributed by atoms with E-state index in [-0.39, 0.29) is 11.8 Å². The second-order valence-electron chi connectivity index (χ2n) is 4.58. The van der Waals surface area contributed by atoms with E-state index in [0.29, 0.717) is 21.6 Å². The summed E-state index contributed by atoms with van der Waals surface area (Å²) in [5.74, 6) is -1.39. The van der Waals surface area contributed by atoms with Gasteiger partial charge in [0.05, 0.1) is 21.3 Å². The summed E-state index contributed by atoms with van der Waals surface area (Å²) in [6.07, 6.45) is 2.50. The van der Waals surface area contributed by atoms with Crippen molar-refractivity contribution in [2.75, 3.05) is 5.75 Å². The fourth-order valence-electron chi connectivity index (χ4n) is 2.07. The quantitative estimate of drug-likeness (QED) is 0.608. The van der Waals surface area contributed by atoms with Crippen LogP contribution in [0.3, 0.4) is 0 Å². The maximum atomic E-state index is 13.6. The number of carboxylic acids is 1. The minimum absolute atomic E-state index is 0.0566. The molecule has 112 valence electrons. The first-order valence-corrected chi connectivity index (χ1v) is 8.04. The second kappa shape index (κ2) is 6.62. The molecular formula is C14H14BrFN2O2S. The number of nitrogens with zero attached hydrogens (tertiary/aromatic N) is 2. The summed E-state index contributed by atoms with van der Waals surface area (Å²) in [5.41, 5.74) is 1.28. The van der Waals surface area contributed by atoms with E-state index in [1.807, 2.05) is 11.5 Å². The Morgan fingerprint density at radius 1 is 1.67 bits per heavy atom. The van der Waals surface area contributed by atoms with Crippen molar-refractivity contribution in [1.82, 2.24) is 9.55 Å². The van der Waals surface area contributed by atoms with Crippen LogP contribution in [0.4, 0.5) is 4.39 Å². The summed E-state index contributed by atoms with van der Waals surface area (Å²) < 4.78 is 15.9. The van der Waals surface area contributed by atoms with Gasteiger partial charge in [-0.2, -0.15) is 0 Å². The van der Waals surface area contributed by atoms with Crippen LogP contribution in [0.25, 0.3) is 11.0 Å². The van der Waals surface area contributed by atoms with Crippen molar-refractivity contribution >= 4 is 44.7 Å². The van der Waals surface area contributed by atoms with Gasteiger partial charge >= 0.3 is 5.97 Å². The number of aromatic nitrogens is 2. The number of carboxylic acid groups (broad SMARTS) is 1. The number of rotatable bonds is 6. The molecule has 0 fully saturated rings. The number of carbonyl (C=O) groups is 1. The van der Waals surface area contributed by atoms with Gasteiger partial charge in [0.15, 0.2) is 5.16 Å². The van der Waals surface area contributed by atoms with Gasteiger partial charge in [0.1, 0.15) is 5.82 Å². The highest BCUT2D eigenvalue weighted by molar-refractivity contribution is 9.10. The van der Waals surface area contributed by atoms with Crippen LogP contribution in [0.15, 0.2) is 34.4 Å². The minimum Gasteiger partial charge on any atom is -0.481 e. The van der Waals surface area contributed by atoms with Crippen LogP contribution in [0.2, 0.25) is 0 Å². The molecule has 4 nitrogen and oxygen atoms in total. The summed E-state index contributed by atoms with van der Waals surface area (Å²) in [6, 6.07) is 3.07. The van der Waals surface area contributed by atoms with Crippen LogP contribution in [0.1, 0.15) is 19.4 Å². The lowest BCUT2D eigenvalue weighted by molar-refractivity contribution is -0.133. The standard InChI is InChI=1S/C14H14BrFN2O2S/c1-3-4-8(2)18-12-5-9(15)10(16)6-11(12)17-14(18)21-7-13(19)20/h3,5-6,8H,1,4,7H2,2H3,(H,19,20). The Morgan fingerprint density at radius 2 is 2.38 bits per heavy atom. The molecule has 1 N–H and O–H groups in total. The SMILES string of the molecule is C=CCC(C)n1c(SCC(=O)O)nc2cc(F)c(Br)cc21.